The lowest BCUT2D eigenvalue weighted by Crippen LogP contribution is -2.47. The number of rotatable bonds is 0. The molecule has 0 aliphatic carbocycles. The third-order valence-electron chi connectivity index (χ3n) is 3.87. The van der Waals surface area contributed by atoms with E-state index >= 15 is 0 Å². The maximum atomic E-state index is 6.14. The van der Waals surface area contributed by atoms with Crippen molar-refractivity contribution in [1.82, 2.24) is 0 Å². The van der Waals surface area contributed by atoms with Gasteiger partial charge in [0.2, 0.25) is 0 Å². The van der Waals surface area contributed by atoms with Crippen molar-refractivity contribution in [2.24, 2.45) is 5.92 Å². The van der Waals surface area contributed by atoms with Gasteiger partial charge in [0.15, 0.2) is 0 Å². The Hall–Kier alpha value is -0.540. The Morgan fingerprint density at radius 2 is 2.18 bits per heavy atom. The molecule has 0 amide bonds. The van der Waals surface area contributed by atoms with Crippen molar-refractivity contribution in [1.29, 1.82) is 0 Å². The maximum Gasteiger partial charge on any atom is 0.126 e. The van der Waals surface area contributed by atoms with E-state index in [1.807, 2.05) is 12.1 Å². The molecule has 3 heteroatoms. The number of halogens is 1. The normalized spacial score (nSPS) is 30.1. The van der Waals surface area contributed by atoms with Crippen molar-refractivity contribution < 1.29 is 9.47 Å². The molecule has 1 saturated heterocycles. The third kappa shape index (κ3) is 1.89. The standard InChI is InChI=1S/C14H17BrO2/c1-14(2)11-4-3-7-16-13(11)10-8-9(15)5-6-12(10)17-14/h5-6,8,11,13H,3-4,7H2,1-2H3/t11-,13+/m0/s1. The highest BCUT2D eigenvalue weighted by atomic mass is 79.9. The zero-order valence-corrected chi connectivity index (χ0v) is 11.8. The minimum atomic E-state index is -0.133. The van der Waals surface area contributed by atoms with Gasteiger partial charge < -0.3 is 9.47 Å². The molecule has 2 aliphatic heterocycles. The number of hydrogen-bond acceptors (Lipinski definition) is 2. The molecule has 0 spiro atoms. The Morgan fingerprint density at radius 1 is 1.35 bits per heavy atom. The van der Waals surface area contributed by atoms with E-state index in [1.165, 1.54) is 12.0 Å². The summed E-state index contributed by atoms with van der Waals surface area (Å²) in [5, 5.41) is 0. The van der Waals surface area contributed by atoms with Crippen LogP contribution in [0.4, 0.5) is 0 Å². The second kappa shape index (κ2) is 3.99. The van der Waals surface area contributed by atoms with Gasteiger partial charge in [-0.25, -0.2) is 0 Å². The summed E-state index contributed by atoms with van der Waals surface area (Å²) in [4.78, 5) is 0. The first-order chi connectivity index (χ1) is 8.08. The van der Waals surface area contributed by atoms with Gasteiger partial charge in [0.25, 0.3) is 0 Å². The van der Waals surface area contributed by atoms with Crippen LogP contribution in [0.5, 0.6) is 5.75 Å². The first-order valence-electron chi connectivity index (χ1n) is 6.18. The summed E-state index contributed by atoms with van der Waals surface area (Å²) in [6.07, 6.45) is 2.51. The van der Waals surface area contributed by atoms with Crippen LogP contribution in [-0.4, -0.2) is 12.2 Å². The highest BCUT2D eigenvalue weighted by Gasteiger charge is 2.45. The number of hydrogen-bond donors (Lipinski definition) is 0. The summed E-state index contributed by atoms with van der Waals surface area (Å²) in [5.41, 5.74) is 1.06. The SMILES string of the molecule is CC1(C)Oc2ccc(Br)cc2[C@H]2OCCC[C@@H]21. The van der Waals surface area contributed by atoms with Gasteiger partial charge in [-0.05, 0) is 44.9 Å². The Labute approximate surface area is 110 Å². The Bertz CT molecular complexity index is 442. The summed E-state index contributed by atoms with van der Waals surface area (Å²) >= 11 is 3.52. The first-order valence-corrected chi connectivity index (χ1v) is 6.97. The smallest absolute Gasteiger partial charge is 0.126 e. The van der Waals surface area contributed by atoms with Gasteiger partial charge >= 0.3 is 0 Å². The minimum Gasteiger partial charge on any atom is -0.487 e. The maximum absolute atomic E-state index is 6.14. The van der Waals surface area contributed by atoms with Gasteiger partial charge in [-0.15, -0.1) is 0 Å². The van der Waals surface area contributed by atoms with Crippen LogP contribution >= 0.6 is 15.9 Å². The lowest BCUT2D eigenvalue weighted by atomic mass is 9.76. The Morgan fingerprint density at radius 3 is 3.00 bits per heavy atom. The summed E-state index contributed by atoms with van der Waals surface area (Å²) in [5.74, 6) is 1.43. The number of ether oxygens (including phenoxy) is 2. The van der Waals surface area contributed by atoms with E-state index in [-0.39, 0.29) is 11.7 Å². The van der Waals surface area contributed by atoms with Gasteiger partial charge in [-0.3, -0.25) is 0 Å². The quantitative estimate of drug-likeness (QED) is 0.718. The van der Waals surface area contributed by atoms with Crippen LogP contribution < -0.4 is 4.74 Å². The summed E-state index contributed by atoms with van der Waals surface area (Å²) in [6.45, 7) is 5.21. The molecule has 0 bridgehead atoms. The van der Waals surface area contributed by atoms with Crippen LogP contribution in [0.3, 0.4) is 0 Å². The zero-order chi connectivity index (χ0) is 12.0. The predicted octanol–water partition coefficient (Wildman–Crippen LogP) is 4.09. The molecule has 2 heterocycles. The summed E-state index contributed by atoms with van der Waals surface area (Å²) < 4.78 is 13.2. The molecular weight excluding hydrogens is 280 g/mol. The average molecular weight is 297 g/mol. The van der Waals surface area contributed by atoms with Crippen LogP contribution in [0.2, 0.25) is 0 Å². The van der Waals surface area contributed by atoms with E-state index < -0.39 is 0 Å². The molecular formula is C14H17BrO2. The van der Waals surface area contributed by atoms with Gasteiger partial charge in [0.05, 0.1) is 6.10 Å². The third-order valence-corrected chi connectivity index (χ3v) is 4.36. The Kier molecular flexibility index (Phi) is 2.71. The minimum absolute atomic E-state index is 0.133. The fraction of sp³-hybridized carbons (Fsp3) is 0.571. The molecule has 0 unspecified atom stereocenters. The molecule has 1 aromatic rings. The van der Waals surface area contributed by atoms with E-state index in [1.54, 1.807) is 0 Å². The van der Waals surface area contributed by atoms with Gasteiger partial charge in [-0.1, -0.05) is 15.9 Å². The van der Waals surface area contributed by atoms with Gasteiger partial charge in [-0.2, -0.15) is 0 Å². The topological polar surface area (TPSA) is 18.5 Å². The second-order valence-corrected chi connectivity index (χ2v) is 6.34. The highest BCUT2D eigenvalue weighted by Crippen LogP contribution is 2.49. The van der Waals surface area contributed by atoms with Crippen LogP contribution in [0.1, 0.15) is 38.4 Å². The highest BCUT2D eigenvalue weighted by molar-refractivity contribution is 9.10. The van der Waals surface area contributed by atoms with Crippen molar-refractivity contribution in [3.05, 3.63) is 28.2 Å². The van der Waals surface area contributed by atoms with E-state index in [4.69, 9.17) is 9.47 Å². The Balaban J connectivity index is 2.08. The average Bonchev–Trinajstić information content (AvgIpc) is 2.30. The van der Waals surface area contributed by atoms with E-state index in [0.717, 1.165) is 23.2 Å². The molecule has 92 valence electrons. The van der Waals surface area contributed by atoms with Gasteiger partial charge in [0.1, 0.15) is 11.4 Å². The van der Waals surface area contributed by atoms with E-state index in [0.29, 0.717) is 5.92 Å². The van der Waals surface area contributed by atoms with Crippen LogP contribution in [0, 0.1) is 5.92 Å². The molecule has 17 heavy (non-hydrogen) atoms. The molecule has 1 aromatic carbocycles. The van der Waals surface area contributed by atoms with Crippen LogP contribution in [0.25, 0.3) is 0 Å². The number of fused-ring (bicyclic) bond motifs is 3. The monoisotopic (exact) mass is 296 g/mol. The van der Waals surface area contributed by atoms with E-state index in [2.05, 4.69) is 35.8 Å². The molecule has 3 rings (SSSR count). The number of benzene rings is 1. The molecule has 0 radical (unpaired) electrons. The van der Waals surface area contributed by atoms with E-state index in [9.17, 15) is 0 Å². The first kappa shape index (κ1) is 11.5. The lowest BCUT2D eigenvalue weighted by molar-refractivity contribution is -0.116. The summed E-state index contributed by atoms with van der Waals surface area (Å²) in [7, 11) is 0. The van der Waals surface area contributed by atoms with Crippen molar-refractivity contribution in [3.8, 4) is 5.75 Å². The van der Waals surface area contributed by atoms with Crippen LogP contribution in [-0.2, 0) is 4.74 Å². The van der Waals surface area contributed by atoms with Gasteiger partial charge in [0, 0.05) is 22.6 Å². The largest absolute Gasteiger partial charge is 0.487 e. The van der Waals surface area contributed by atoms with Crippen molar-refractivity contribution in [3.63, 3.8) is 0 Å². The lowest BCUT2D eigenvalue weighted by Gasteiger charge is -2.47. The predicted molar refractivity (Wildman–Crippen MR) is 70.3 cm³/mol. The molecule has 1 fully saturated rings. The van der Waals surface area contributed by atoms with Crippen molar-refractivity contribution in [2.45, 2.75) is 38.4 Å². The van der Waals surface area contributed by atoms with Crippen molar-refractivity contribution >= 4 is 15.9 Å². The molecule has 0 N–H and O–H groups in total. The van der Waals surface area contributed by atoms with Crippen molar-refractivity contribution in [2.75, 3.05) is 6.61 Å². The molecule has 2 atom stereocenters. The molecule has 2 aliphatic rings. The molecule has 0 aromatic heterocycles. The second-order valence-electron chi connectivity index (χ2n) is 5.43. The molecule has 0 saturated carbocycles. The van der Waals surface area contributed by atoms with Crippen LogP contribution in [0.15, 0.2) is 22.7 Å². The fourth-order valence-electron chi connectivity index (χ4n) is 2.99. The fourth-order valence-corrected chi connectivity index (χ4v) is 3.37. The summed E-state index contributed by atoms with van der Waals surface area (Å²) in [6, 6.07) is 6.20. The zero-order valence-electron chi connectivity index (χ0n) is 10.2. The molecule has 2 nitrogen and oxygen atoms in total.